The normalized spacial score (nSPS) is 12.8. The minimum atomic E-state index is -0.264. The summed E-state index contributed by atoms with van der Waals surface area (Å²) in [6, 6.07) is 11.1. The van der Waals surface area contributed by atoms with Crippen LogP contribution in [0.4, 0.5) is 4.39 Å². The van der Waals surface area contributed by atoms with Crippen LogP contribution in [0.1, 0.15) is 29.3 Å². The molecule has 0 saturated carbocycles. The predicted molar refractivity (Wildman–Crippen MR) is 84.8 cm³/mol. The van der Waals surface area contributed by atoms with Gasteiger partial charge in [0.05, 0.1) is 22.1 Å². The van der Waals surface area contributed by atoms with Crippen LogP contribution in [0.3, 0.4) is 0 Å². The summed E-state index contributed by atoms with van der Waals surface area (Å²) in [4.78, 5) is 4.63. The number of hydrogen-bond donors (Lipinski definition) is 0. The molecule has 3 rings (SSSR count). The zero-order valence-electron chi connectivity index (χ0n) is 12.2. The van der Waals surface area contributed by atoms with Crippen molar-refractivity contribution in [1.29, 1.82) is 0 Å². The molecule has 1 heterocycles. The van der Waals surface area contributed by atoms with Gasteiger partial charge >= 0.3 is 0 Å². The molecule has 0 radical (unpaired) electrons. The van der Waals surface area contributed by atoms with Crippen molar-refractivity contribution >= 4 is 22.6 Å². The Morgan fingerprint density at radius 3 is 2.67 bits per heavy atom. The fourth-order valence-corrected chi connectivity index (χ4v) is 2.71. The monoisotopic (exact) mass is 302 g/mol. The number of nitrogens with zero attached hydrogens (tertiary/aromatic N) is 2. The zero-order valence-corrected chi connectivity index (χ0v) is 12.9. The first-order valence-corrected chi connectivity index (χ1v) is 7.31. The van der Waals surface area contributed by atoms with E-state index in [0.717, 1.165) is 28.1 Å². The lowest BCUT2D eigenvalue weighted by Crippen LogP contribution is -2.04. The Balaban J connectivity index is 2.39. The molecule has 108 valence electrons. The number of aromatic nitrogens is 2. The molecular weight excluding hydrogens is 287 g/mol. The summed E-state index contributed by atoms with van der Waals surface area (Å²) in [5.41, 5.74) is 4.33. The Labute approximate surface area is 128 Å². The third-order valence-electron chi connectivity index (χ3n) is 3.67. The van der Waals surface area contributed by atoms with Crippen LogP contribution < -0.4 is 0 Å². The number of imidazole rings is 1. The molecule has 1 atom stereocenters. The molecule has 4 heteroatoms. The Hall–Kier alpha value is -1.87. The van der Waals surface area contributed by atoms with Crippen LogP contribution in [0.25, 0.3) is 16.7 Å². The molecule has 0 saturated heterocycles. The molecule has 0 amide bonds. The van der Waals surface area contributed by atoms with Crippen molar-refractivity contribution in [2.75, 3.05) is 0 Å². The van der Waals surface area contributed by atoms with Crippen LogP contribution in [0, 0.1) is 19.7 Å². The summed E-state index contributed by atoms with van der Waals surface area (Å²) in [7, 11) is 0. The number of aryl methyl sites for hydroxylation is 1. The van der Waals surface area contributed by atoms with E-state index >= 15 is 0 Å². The predicted octanol–water partition coefficient (Wildman–Crippen LogP) is 5.08. The largest absolute Gasteiger partial charge is 0.295 e. The lowest BCUT2D eigenvalue weighted by atomic mass is 10.1. The maximum Gasteiger partial charge on any atom is 0.132 e. The van der Waals surface area contributed by atoms with Gasteiger partial charge in [0.1, 0.15) is 11.6 Å². The molecule has 1 aromatic heterocycles. The fraction of sp³-hybridized carbons (Fsp3) is 0.235. The molecule has 0 aliphatic rings. The summed E-state index contributed by atoms with van der Waals surface area (Å²) in [5.74, 6) is 0.501. The van der Waals surface area contributed by atoms with E-state index in [1.165, 1.54) is 6.07 Å². The highest BCUT2D eigenvalue weighted by molar-refractivity contribution is 6.20. The smallest absolute Gasteiger partial charge is 0.132 e. The van der Waals surface area contributed by atoms with Crippen LogP contribution in [0.2, 0.25) is 0 Å². The van der Waals surface area contributed by atoms with Gasteiger partial charge < -0.3 is 0 Å². The molecule has 0 aliphatic heterocycles. The van der Waals surface area contributed by atoms with Gasteiger partial charge in [0.2, 0.25) is 0 Å². The van der Waals surface area contributed by atoms with Crippen molar-refractivity contribution in [3.8, 4) is 5.69 Å². The van der Waals surface area contributed by atoms with Crippen LogP contribution in [0.15, 0.2) is 36.4 Å². The van der Waals surface area contributed by atoms with Crippen molar-refractivity contribution in [1.82, 2.24) is 9.55 Å². The standard InChI is InChI=1S/C17H16ClFN2/c1-10-7-8-16-14(9-10)20-17(12(3)18)21(16)15-6-4-5-13(19)11(15)2/h4-9,12H,1-3H3. The maximum absolute atomic E-state index is 13.9. The number of fused-ring (bicyclic) bond motifs is 1. The quantitative estimate of drug-likeness (QED) is 0.604. The molecule has 0 spiro atoms. The second kappa shape index (κ2) is 5.15. The minimum Gasteiger partial charge on any atom is -0.295 e. The highest BCUT2D eigenvalue weighted by Gasteiger charge is 2.18. The van der Waals surface area contributed by atoms with E-state index in [1.807, 2.05) is 42.7 Å². The molecule has 2 nitrogen and oxygen atoms in total. The first-order chi connectivity index (χ1) is 9.99. The zero-order chi connectivity index (χ0) is 15.1. The Bertz CT molecular complexity index is 821. The van der Waals surface area contributed by atoms with Crippen molar-refractivity contribution in [2.24, 2.45) is 0 Å². The fourth-order valence-electron chi connectivity index (χ4n) is 2.57. The summed E-state index contributed by atoms with van der Waals surface area (Å²) in [6.07, 6.45) is 0. The third kappa shape index (κ3) is 2.32. The van der Waals surface area contributed by atoms with E-state index in [9.17, 15) is 4.39 Å². The third-order valence-corrected chi connectivity index (χ3v) is 3.87. The highest BCUT2D eigenvalue weighted by Crippen LogP contribution is 2.30. The van der Waals surface area contributed by atoms with Crippen LogP contribution in [-0.4, -0.2) is 9.55 Å². The molecule has 21 heavy (non-hydrogen) atoms. The number of alkyl halides is 1. The van der Waals surface area contributed by atoms with E-state index < -0.39 is 0 Å². The van der Waals surface area contributed by atoms with Gasteiger partial charge in [0.25, 0.3) is 0 Å². The average molecular weight is 303 g/mol. The van der Waals surface area contributed by atoms with Crippen LogP contribution >= 0.6 is 11.6 Å². The van der Waals surface area contributed by atoms with Gasteiger partial charge in [0, 0.05) is 5.56 Å². The van der Waals surface area contributed by atoms with Gasteiger partial charge in [-0.25, -0.2) is 9.37 Å². The van der Waals surface area contributed by atoms with E-state index in [0.29, 0.717) is 5.56 Å². The molecular formula is C17H16ClFN2. The average Bonchev–Trinajstić information content (AvgIpc) is 2.80. The summed E-state index contributed by atoms with van der Waals surface area (Å²) < 4.78 is 15.9. The molecule has 0 fully saturated rings. The Morgan fingerprint density at radius 2 is 1.95 bits per heavy atom. The van der Waals surface area contributed by atoms with Gasteiger partial charge in [-0.2, -0.15) is 0 Å². The lowest BCUT2D eigenvalue weighted by Gasteiger charge is -2.13. The van der Waals surface area contributed by atoms with E-state index in [4.69, 9.17) is 11.6 Å². The summed E-state index contributed by atoms with van der Waals surface area (Å²) in [6.45, 7) is 5.67. The van der Waals surface area contributed by atoms with E-state index in [-0.39, 0.29) is 11.2 Å². The summed E-state index contributed by atoms with van der Waals surface area (Å²) in [5, 5.41) is -0.264. The molecule has 2 aromatic carbocycles. The molecule has 0 aliphatic carbocycles. The number of halogens is 2. The maximum atomic E-state index is 13.9. The molecule has 1 unspecified atom stereocenters. The summed E-state index contributed by atoms with van der Waals surface area (Å²) >= 11 is 6.28. The second-order valence-corrected chi connectivity index (χ2v) is 5.95. The van der Waals surface area contributed by atoms with Gasteiger partial charge in [-0.3, -0.25) is 4.57 Å². The number of rotatable bonds is 2. The van der Waals surface area contributed by atoms with Crippen LogP contribution in [0.5, 0.6) is 0 Å². The van der Waals surface area contributed by atoms with Crippen molar-refractivity contribution in [2.45, 2.75) is 26.1 Å². The molecule has 3 aromatic rings. The van der Waals surface area contributed by atoms with Gasteiger partial charge in [-0.05, 0) is 50.6 Å². The van der Waals surface area contributed by atoms with E-state index in [2.05, 4.69) is 4.98 Å². The SMILES string of the molecule is Cc1ccc2c(c1)nc(C(C)Cl)n2-c1cccc(F)c1C. The van der Waals surface area contributed by atoms with Gasteiger partial charge in [-0.1, -0.05) is 12.1 Å². The lowest BCUT2D eigenvalue weighted by molar-refractivity contribution is 0.616. The first-order valence-electron chi connectivity index (χ1n) is 6.87. The Morgan fingerprint density at radius 1 is 1.19 bits per heavy atom. The van der Waals surface area contributed by atoms with Gasteiger partial charge in [0.15, 0.2) is 0 Å². The number of benzene rings is 2. The van der Waals surface area contributed by atoms with Crippen molar-refractivity contribution in [3.63, 3.8) is 0 Å². The Kier molecular flexibility index (Phi) is 3.46. The topological polar surface area (TPSA) is 17.8 Å². The number of hydrogen-bond acceptors (Lipinski definition) is 1. The van der Waals surface area contributed by atoms with Gasteiger partial charge in [-0.15, -0.1) is 11.6 Å². The molecule has 0 bridgehead atoms. The van der Waals surface area contributed by atoms with Crippen molar-refractivity contribution < 1.29 is 4.39 Å². The van der Waals surface area contributed by atoms with Crippen LogP contribution in [-0.2, 0) is 0 Å². The second-order valence-electron chi connectivity index (χ2n) is 5.30. The minimum absolute atomic E-state index is 0.227. The molecule has 0 N–H and O–H groups in total. The first kappa shape index (κ1) is 14.1. The highest BCUT2D eigenvalue weighted by atomic mass is 35.5. The van der Waals surface area contributed by atoms with E-state index in [1.54, 1.807) is 13.0 Å². The van der Waals surface area contributed by atoms with Crippen molar-refractivity contribution in [3.05, 3.63) is 59.2 Å².